The van der Waals surface area contributed by atoms with Gasteiger partial charge in [-0.1, -0.05) is 31.9 Å². The summed E-state index contributed by atoms with van der Waals surface area (Å²) in [4.78, 5) is 16.0. The SMILES string of the molecule is C=CC(=O)N1CC2(CCN(c3ccc(F)c(-c4c(C)ccc5c4CC(=C)C5=C)c3)C2)C1. The molecule has 0 saturated carbocycles. The molecule has 0 aromatic heterocycles. The average Bonchev–Trinajstić information content (AvgIpc) is 3.29. The Morgan fingerprint density at radius 2 is 1.90 bits per heavy atom. The van der Waals surface area contributed by atoms with Crippen LogP contribution in [0.4, 0.5) is 10.1 Å². The van der Waals surface area contributed by atoms with Gasteiger partial charge in [0.25, 0.3) is 0 Å². The standard InChI is InChI=1S/C27H27FN2O/c1-5-25(31)30-15-27(16-30)10-11-29(14-27)20-7-9-24(28)23(13-20)26-17(2)6-8-21-19(4)18(3)12-22(21)26/h5-9,13H,1,3-4,10-12,14-16H2,2H3. The third-order valence-corrected chi connectivity index (χ3v) is 7.22. The van der Waals surface area contributed by atoms with Gasteiger partial charge >= 0.3 is 0 Å². The number of allylic oxidation sites excluding steroid dienone is 2. The van der Waals surface area contributed by atoms with Crippen molar-refractivity contribution < 1.29 is 9.18 Å². The van der Waals surface area contributed by atoms with Crippen LogP contribution in [0.2, 0.25) is 0 Å². The van der Waals surface area contributed by atoms with Gasteiger partial charge in [0, 0.05) is 42.8 Å². The van der Waals surface area contributed by atoms with Gasteiger partial charge in [0.05, 0.1) is 0 Å². The highest BCUT2D eigenvalue weighted by molar-refractivity contribution is 5.90. The monoisotopic (exact) mass is 414 g/mol. The lowest BCUT2D eigenvalue weighted by Gasteiger charge is -2.47. The Hall–Kier alpha value is -3.14. The molecule has 2 fully saturated rings. The molecule has 2 saturated heterocycles. The first-order valence-corrected chi connectivity index (χ1v) is 10.8. The van der Waals surface area contributed by atoms with Crippen molar-refractivity contribution in [1.29, 1.82) is 0 Å². The van der Waals surface area contributed by atoms with Gasteiger partial charge in [-0.05, 0) is 77.4 Å². The van der Waals surface area contributed by atoms with E-state index in [4.69, 9.17) is 0 Å². The minimum Gasteiger partial charge on any atom is -0.371 e. The number of hydrogen-bond donors (Lipinski definition) is 0. The zero-order valence-electron chi connectivity index (χ0n) is 18.0. The molecule has 0 radical (unpaired) electrons. The lowest BCUT2D eigenvalue weighted by molar-refractivity contribution is -0.136. The molecule has 2 aromatic carbocycles. The number of benzene rings is 2. The van der Waals surface area contributed by atoms with E-state index in [1.165, 1.54) is 6.08 Å². The highest BCUT2D eigenvalue weighted by atomic mass is 19.1. The molecule has 158 valence electrons. The number of carbonyl (C=O) groups excluding carboxylic acids is 1. The van der Waals surface area contributed by atoms with Crippen LogP contribution in [0, 0.1) is 18.2 Å². The lowest BCUT2D eigenvalue weighted by Crippen LogP contribution is -2.59. The minimum atomic E-state index is -0.205. The van der Waals surface area contributed by atoms with Crippen molar-refractivity contribution in [2.24, 2.45) is 5.41 Å². The van der Waals surface area contributed by atoms with Crippen molar-refractivity contribution in [3.63, 3.8) is 0 Å². The molecule has 0 bridgehead atoms. The van der Waals surface area contributed by atoms with Crippen LogP contribution in [0.15, 0.2) is 61.7 Å². The van der Waals surface area contributed by atoms with Gasteiger partial charge in [0.15, 0.2) is 0 Å². The van der Waals surface area contributed by atoms with E-state index in [0.29, 0.717) is 5.56 Å². The van der Waals surface area contributed by atoms with Crippen molar-refractivity contribution in [2.45, 2.75) is 19.8 Å². The van der Waals surface area contributed by atoms with E-state index < -0.39 is 0 Å². The Morgan fingerprint density at radius 1 is 1.13 bits per heavy atom. The van der Waals surface area contributed by atoms with E-state index in [2.05, 4.69) is 36.8 Å². The molecule has 0 unspecified atom stereocenters. The number of hydrogen-bond acceptors (Lipinski definition) is 2. The molecule has 5 rings (SSSR count). The van der Waals surface area contributed by atoms with Gasteiger partial charge < -0.3 is 9.80 Å². The molecule has 31 heavy (non-hydrogen) atoms. The number of likely N-dealkylation sites (tertiary alicyclic amines) is 1. The van der Waals surface area contributed by atoms with Gasteiger partial charge in [0.1, 0.15) is 5.82 Å². The summed E-state index contributed by atoms with van der Waals surface area (Å²) in [5.74, 6) is -0.201. The summed E-state index contributed by atoms with van der Waals surface area (Å²) >= 11 is 0. The first-order valence-electron chi connectivity index (χ1n) is 10.8. The molecule has 1 aliphatic carbocycles. The number of nitrogens with zero attached hydrogens (tertiary/aromatic N) is 2. The van der Waals surface area contributed by atoms with E-state index in [1.807, 2.05) is 24.0 Å². The number of halogens is 1. The van der Waals surface area contributed by atoms with Crippen LogP contribution in [0.25, 0.3) is 16.7 Å². The number of anilines is 1. The molecule has 2 aromatic rings. The average molecular weight is 415 g/mol. The van der Waals surface area contributed by atoms with E-state index in [-0.39, 0.29) is 17.1 Å². The smallest absolute Gasteiger partial charge is 0.245 e. The maximum absolute atomic E-state index is 15.1. The predicted octanol–water partition coefficient (Wildman–Crippen LogP) is 5.15. The van der Waals surface area contributed by atoms with E-state index in [0.717, 1.165) is 78.1 Å². The second kappa shape index (κ2) is 6.94. The summed E-state index contributed by atoms with van der Waals surface area (Å²) in [5.41, 5.74) is 8.03. The third-order valence-electron chi connectivity index (χ3n) is 7.22. The fourth-order valence-electron chi connectivity index (χ4n) is 5.48. The topological polar surface area (TPSA) is 23.6 Å². The number of aryl methyl sites for hydroxylation is 1. The first-order chi connectivity index (χ1) is 14.8. The Bertz CT molecular complexity index is 1160. The zero-order chi connectivity index (χ0) is 21.9. The van der Waals surface area contributed by atoms with Gasteiger partial charge in [-0.3, -0.25) is 4.79 Å². The zero-order valence-corrected chi connectivity index (χ0v) is 18.0. The van der Waals surface area contributed by atoms with Crippen LogP contribution in [-0.2, 0) is 11.2 Å². The number of rotatable bonds is 3. The van der Waals surface area contributed by atoms with Crippen LogP contribution < -0.4 is 4.90 Å². The van der Waals surface area contributed by atoms with Gasteiger partial charge in [-0.15, -0.1) is 0 Å². The van der Waals surface area contributed by atoms with E-state index >= 15 is 4.39 Å². The van der Waals surface area contributed by atoms with Crippen LogP contribution in [0.1, 0.15) is 23.1 Å². The van der Waals surface area contributed by atoms with Gasteiger partial charge in [0.2, 0.25) is 5.91 Å². The molecule has 2 aliphatic heterocycles. The maximum Gasteiger partial charge on any atom is 0.245 e. The first kappa shape index (κ1) is 19.8. The normalized spacial score (nSPS) is 19.0. The molecule has 1 spiro atoms. The molecule has 3 nitrogen and oxygen atoms in total. The summed E-state index contributed by atoms with van der Waals surface area (Å²) in [5, 5.41) is 0. The molecule has 0 atom stereocenters. The highest BCUT2D eigenvalue weighted by Gasteiger charge is 2.48. The van der Waals surface area contributed by atoms with Crippen molar-refractivity contribution in [2.75, 3.05) is 31.1 Å². The van der Waals surface area contributed by atoms with Crippen molar-refractivity contribution in [1.82, 2.24) is 4.90 Å². The Balaban J connectivity index is 1.46. The molecule has 0 N–H and O–H groups in total. The minimum absolute atomic E-state index is 0.00438. The number of amides is 1. The van der Waals surface area contributed by atoms with E-state index in [1.54, 1.807) is 6.07 Å². The predicted molar refractivity (Wildman–Crippen MR) is 124 cm³/mol. The molecule has 2 heterocycles. The molecule has 4 heteroatoms. The molecular weight excluding hydrogens is 387 g/mol. The number of fused-ring (bicyclic) bond motifs is 1. The lowest BCUT2D eigenvalue weighted by atomic mass is 9.79. The molecular formula is C27H27FN2O. The van der Waals surface area contributed by atoms with Crippen LogP contribution in [-0.4, -0.2) is 37.0 Å². The summed E-state index contributed by atoms with van der Waals surface area (Å²) in [6.07, 6.45) is 3.14. The Morgan fingerprint density at radius 3 is 2.65 bits per heavy atom. The Kier molecular flexibility index (Phi) is 4.44. The molecule has 1 amide bonds. The fourth-order valence-corrected chi connectivity index (χ4v) is 5.48. The van der Waals surface area contributed by atoms with Crippen molar-refractivity contribution >= 4 is 17.2 Å². The summed E-state index contributed by atoms with van der Waals surface area (Å²) in [7, 11) is 0. The second-order valence-electron chi connectivity index (χ2n) is 9.28. The van der Waals surface area contributed by atoms with Gasteiger partial charge in [-0.2, -0.15) is 0 Å². The molecule has 3 aliphatic rings. The second-order valence-corrected chi connectivity index (χ2v) is 9.28. The quantitative estimate of drug-likeness (QED) is 0.649. The summed E-state index contributed by atoms with van der Waals surface area (Å²) < 4.78 is 15.1. The van der Waals surface area contributed by atoms with Crippen LogP contribution >= 0.6 is 0 Å². The number of carbonyl (C=O) groups is 1. The van der Waals surface area contributed by atoms with E-state index in [9.17, 15) is 4.79 Å². The van der Waals surface area contributed by atoms with Crippen LogP contribution in [0.3, 0.4) is 0 Å². The maximum atomic E-state index is 15.1. The summed E-state index contributed by atoms with van der Waals surface area (Å²) in [6.45, 7) is 17.3. The third kappa shape index (κ3) is 3.04. The highest BCUT2D eigenvalue weighted by Crippen LogP contribution is 2.45. The van der Waals surface area contributed by atoms with Crippen molar-refractivity contribution in [3.05, 3.63) is 84.2 Å². The largest absolute Gasteiger partial charge is 0.371 e. The summed E-state index contributed by atoms with van der Waals surface area (Å²) in [6, 6.07) is 9.58. The fraction of sp³-hybridized carbons (Fsp3) is 0.296. The Labute approximate surface area is 183 Å². The van der Waals surface area contributed by atoms with Gasteiger partial charge in [-0.25, -0.2) is 4.39 Å². The van der Waals surface area contributed by atoms with Crippen LogP contribution in [0.5, 0.6) is 0 Å². The van der Waals surface area contributed by atoms with Crippen molar-refractivity contribution in [3.8, 4) is 11.1 Å².